The van der Waals surface area contributed by atoms with Gasteiger partial charge in [0.05, 0.1) is 13.2 Å². The van der Waals surface area contributed by atoms with Gasteiger partial charge in [-0.3, -0.25) is 0 Å². The lowest BCUT2D eigenvalue weighted by molar-refractivity contribution is 0.286. The van der Waals surface area contributed by atoms with Gasteiger partial charge < -0.3 is 15.2 Å². The number of hydrogen-bond acceptors (Lipinski definition) is 3. The third-order valence-electron chi connectivity index (χ3n) is 3.82. The van der Waals surface area contributed by atoms with Gasteiger partial charge in [0.1, 0.15) is 0 Å². The minimum absolute atomic E-state index is 0.279. The first-order chi connectivity index (χ1) is 9.26. The van der Waals surface area contributed by atoms with Crippen LogP contribution < -0.4 is 15.2 Å². The molecule has 2 atom stereocenters. The van der Waals surface area contributed by atoms with Crippen molar-refractivity contribution in [2.75, 3.05) is 13.2 Å². The van der Waals surface area contributed by atoms with E-state index in [1.54, 1.807) is 0 Å². The van der Waals surface area contributed by atoms with Gasteiger partial charge in [0, 0.05) is 6.04 Å². The number of hydrogen-bond donors (Lipinski definition) is 1. The molecule has 1 aromatic rings. The highest BCUT2D eigenvalue weighted by Gasteiger charge is 2.24. The van der Waals surface area contributed by atoms with Crippen LogP contribution >= 0.6 is 0 Å². The summed E-state index contributed by atoms with van der Waals surface area (Å²) in [5.74, 6) is 2.14. The summed E-state index contributed by atoms with van der Waals surface area (Å²) in [6.45, 7) is 5.29. The molecule has 0 bridgehead atoms. The average molecular weight is 263 g/mol. The van der Waals surface area contributed by atoms with Crippen LogP contribution in [0.25, 0.3) is 0 Å². The predicted octanol–water partition coefficient (Wildman–Crippen LogP) is 3.47. The summed E-state index contributed by atoms with van der Waals surface area (Å²) in [7, 11) is 0. The summed E-state index contributed by atoms with van der Waals surface area (Å²) in [4.78, 5) is 0. The monoisotopic (exact) mass is 263 g/mol. The number of benzene rings is 1. The summed E-state index contributed by atoms with van der Waals surface area (Å²) >= 11 is 0. The van der Waals surface area contributed by atoms with Gasteiger partial charge in [0.2, 0.25) is 0 Å². The quantitative estimate of drug-likeness (QED) is 0.884. The van der Waals surface area contributed by atoms with E-state index in [9.17, 15) is 0 Å². The maximum absolute atomic E-state index is 6.26. The van der Waals surface area contributed by atoms with Crippen molar-refractivity contribution in [3.63, 3.8) is 0 Å². The SMILES string of the molecule is CCOc1ccc(C2CCCCC2N)cc1OCC. The summed E-state index contributed by atoms with van der Waals surface area (Å²) < 4.78 is 11.3. The molecule has 1 fully saturated rings. The lowest BCUT2D eigenvalue weighted by atomic mass is 9.80. The van der Waals surface area contributed by atoms with E-state index in [1.807, 2.05) is 19.9 Å². The molecule has 3 nitrogen and oxygen atoms in total. The third kappa shape index (κ3) is 3.41. The zero-order valence-corrected chi connectivity index (χ0v) is 12.0. The Morgan fingerprint density at radius 3 is 2.42 bits per heavy atom. The first-order valence-corrected chi connectivity index (χ1v) is 7.41. The molecule has 2 rings (SSSR count). The van der Waals surface area contributed by atoms with E-state index in [4.69, 9.17) is 15.2 Å². The van der Waals surface area contributed by atoms with Gasteiger partial charge in [-0.25, -0.2) is 0 Å². The number of nitrogens with two attached hydrogens (primary N) is 1. The molecule has 1 aliphatic carbocycles. The first kappa shape index (κ1) is 14.2. The molecule has 1 aliphatic rings. The normalized spacial score (nSPS) is 23.1. The summed E-state index contributed by atoms with van der Waals surface area (Å²) in [5.41, 5.74) is 7.55. The predicted molar refractivity (Wildman–Crippen MR) is 78.0 cm³/mol. The first-order valence-electron chi connectivity index (χ1n) is 7.41. The van der Waals surface area contributed by atoms with E-state index >= 15 is 0 Å². The molecule has 2 unspecified atom stereocenters. The lowest BCUT2D eigenvalue weighted by Gasteiger charge is -2.29. The zero-order chi connectivity index (χ0) is 13.7. The van der Waals surface area contributed by atoms with Crippen molar-refractivity contribution >= 4 is 0 Å². The Morgan fingerprint density at radius 2 is 1.74 bits per heavy atom. The van der Waals surface area contributed by atoms with Crippen molar-refractivity contribution in [2.24, 2.45) is 5.73 Å². The topological polar surface area (TPSA) is 44.5 Å². The summed E-state index contributed by atoms with van der Waals surface area (Å²) in [6, 6.07) is 6.56. The van der Waals surface area contributed by atoms with E-state index < -0.39 is 0 Å². The fourth-order valence-electron chi connectivity index (χ4n) is 2.87. The molecule has 3 heteroatoms. The van der Waals surface area contributed by atoms with Crippen LogP contribution in [-0.4, -0.2) is 19.3 Å². The second kappa shape index (κ2) is 6.80. The molecule has 1 saturated carbocycles. The molecular formula is C16H25NO2. The molecule has 0 heterocycles. The standard InChI is InChI=1S/C16H25NO2/c1-3-18-15-10-9-12(11-16(15)19-4-2)13-7-5-6-8-14(13)17/h9-11,13-14H,3-8,17H2,1-2H3. The van der Waals surface area contributed by atoms with Gasteiger partial charge in [-0.1, -0.05) is 18.9 Å². The fraction of sp³-hybridized carbons (Fsp3) is 0.625. The maximum Gasteiger partial charge on any atom is 0.161 e. The smallest absolute Gasteiger partial charge is 0.161 e. The molecule has 1 aromatic carbocycles. The number of rotatable bonds is 5. The fourth-order valence-corrected chi connectivity index (χ4v) is 2.87. The zero-order valence-electron chi connectivity index (χ0n) is 12.0. The molecule has 0 spiro atoms. The molecule has 0 saturated heterocycles. The van der Waals surface area contributed by atoms with Gasteiger partial charge in [-0.2, -0.15) is 0 Å². The van der Waals surface area contributed by atoms with Gasteiger partial charge in [0.15, 0.2) is 11.5 Å². The molecule has 0 amide bonds. The van der Waals surface area contributed by atoms with Crippen molar-refractivity contribution in [3.8, 4) is 11.5 Å². The highest BCUT2D eigenvalue weighted by Crippen LogP contribution is 2.36. The third-order valence-corrected chi connectivity index (χ3v) is 3.82. The maximum atomic E-state index is 6.26. The van der Waals surface area contributed by atoms with Crippen molar-refractivity contribution in [1.29, 1.82) is 0 Å². The average Bonchev–Trinajstić information content (AvgIpc) is 2.42. The lowest BCUT2D eigenvalue weighted by Crippen LogP contribution is -2.31. The highest BCUT2D eigenvalue weighted by atomic mass is 16.5. The van der Waals surface area contributed by atoms with Gasteiger partial charge in [0.25, 0.3) is 0 Å². The number of ether oxygens (including phenoxy) is 2. The van der Waals surface area contributed by atoms with Crippen molar-refractivity contribution in [1.82, 2.24) is 0 Å². The second-order valence-corrected chi connectivity index (χ2v) is 5.13. The Kier molecular flexibility index (Phi) is 5.08. The Hall–Kier alpha value is -1.22. The van der Waals surface area contributed by atoms with Crippen LogP contribution in [0.1, 0.15) is 51.0 Å². The van der Waals surface area contributed by atoms with E-state index in [0.29, 0.717) is 19.1 Å². The summed E-state index contributed by atoms with van der Waals surface area (Å²) in [6.07, 6.45) is 4.84. The van der Waals surface area contributed by atoms with Crippen molar-refractivity contribution in [3.05, 3.63) is 23.8 Å². The minimum atomic E-state index is 0.279. The van der Waals surface area contributed by atoms with E-state index in [2.05, 4.69) is 12.1 Å². The highest BCUT2D eigenvalue weighted by molar-refractivity contribution is 5.44. The van der Waals surface area contributed by atoms with E-state index in [0.717, 1.165) is 17.9 Å². The van der Waals surface area contributed by atoms with E-state index in [1.165, 1.54) is 24.8 Å². The second-order valence-electron chi connectivity index (χ2n) is 5.13. The molecule has 0 aromatic heterocycles. The molecule has 106 valence electrons. The van der Waals surface area contributed by atoms with Gasteiger partial charge in [-0.15, -0.1) is 0 Å². The molecule has 0 radical (unpaired) electrons. The largest absolute Gasteiger partial charge is 0.490 e. The molecule has 19 heavy (non-hydrogen) atoms. The van der Waals surface area contributed by atoms with Crippen LogP contribution in [0, 0.1) is 0 Å². The van der Waals surface area contributed by atoms with E-state index in [-0.39, 0.29) is 6.04 Å². The molecular weight excluding hydrogens is 238 g/mol. The molecule has 2 N–H and O–H groups in total. The van der Waals surface area contributed by atoms with Crippen LogP contribution in [0.5, 0.6) is 11.5 Å². The van der Waals surface area contributed by atoms with Gasteiger partial charge in [-0.05, 0) is 50.3 Å². The Morgan fingerprint density at radius 1 is 1.05 bits per heavy atom. The van der Waals surface area contributed by atoms with Crippen molar-refractivity contribution < 1.29 is 9.47 Å². The minimum Gasteiger partial charge on any atom is -0.490 e. The van der Waals surface area contributed by atoms with Crippen molar-refractivity contribution in [2.45, 2.75) is 51.5 Å². The van der Waals surface area contributed by atoms with Crippen LogP contribution in [0.2, 0.25) is 0 Å². The van der Waals surface area contributed by atoms with Gasteiger partial charge >= 0.3 is 0 Å². The molecule has 0 aliphatic heterocycles. The summed E-state index contributed by atoms with van der Waals surface area (Å²) in [5, 5.41) is 0. The van der Waals surface area contributed by atoms with Crippen LogP contribution in [0.4, 0.5) is 0 Å². The van der Waals surface area contributed by atoms with Crippen LogP contribution in [0.15, 0.2) is 18.2 Å². The Balaban J connectivity index is 2.23. The van der Waals surface area contributed by atoms with Crippen LogP contribution in [-0.2, 0) is 0 Å². The van der Waals surface area contributed by atoms with Crippen LogP contribution in [0.3, 0.4) is 0 Å². The Labute approximate surface area is 116 Å². The Bertz CT molecular complexity index is 406.